The van der Waals surface area contributed by atoms with E-state index in [1.165, 1.54) is 14.2 Å². The predicted octanol–water partition coefficient (Wildman–Crippen LogP) is 5.91. The van der Waals surface area contributed by atoms with Crippen molar-refractivity contribution >= 4 is 24.3 Å². The highest BCUT2D eigenvalue weighted by Crippen LogP contribution is 2.32. The highest BCUT2D eigenvalue weighted by Gasteiger charge is 2.07. The Kier molecular flexibility index (Phi) is 6.89. The molecule has 2 aromatic heterocycles. The fraction of sp³-hybridized carbons (Fsp3) is 0.0714. The molecule has 0 unspecified atom stereocenters. The van der Waals surface area contributed by atoms with Gasteiger partial charge in [0, 0.05) is 23.5 Å². The summed E-state index contributed by atoms with van der Waals surface area (Å²) >= 11 is 0. The van der Waals surface area contributed by atoms with Crippen molar-refractivity contribution in [3.63, 3.8) is 0 Å². The van der Waals surface area contributed by atoms with Crippen molar-refractivity contribution in [3.8, 4) is 34.4 Å². The van der Waals surface area contributed by atoms with E-state index in [0.717, 1.165) is 22.5 Å². The lowest BCUT2D eigenvalue weighted by atomic mass is 10.1. The van der Waals surface area contributed by atoms with Gasteiger partial charge < -0.3 is 19.7 Å². The van der Waals surface area contributed by atoms with Gasteiger partial charge in [0.1, 0.15) is 0 Å². The molecule has 0 bridgehead atoms. The number of pyridine rings is 2. The molecule has 34 heavy (non-hydrogen) atoms. The Balaban J connectivity index is 1.57. The van der Waals surface area contributed by atoms with Crippen LogP contribution in [0.15, 0.2) is 73.1 Å². The van der Waals surface area contributed by atoms with E-state index in [1.54, 1.807) is 24.5 Å². The number of rotatable bonds is 7. The molecule has 0 spiro atoms. The van der Waals surface area contributed by atoms with Crippen LogP contribution in [-0.2, 0) is 0 Å². The number of phenols is 2. The summed E-state index contributed by atoms with van der Waals surface area (Å²) in [6.07, 6.45) is 10.9. The van der Waals surface area contributed by atoms with Gasteiger partial charge in [-0.05, 0) is 47.5 Å². The number of aromatic hydroxyl groups is 2. The van der Waals surface area contributed by atoms with Gasteiger partial charge in [0.25, 0.3) is 0 Å². The van der Waals surface area contributed by atoms with Crippen LogP contribution >= 0.6 is 0 Å². The van der Waals surface area contributed by atoms with E-state index >= 15 is 0 Å². The van der Waals surface area contributed by atoms with Crippen molar-refractivity contribution in [1.29, 1.82) is 0 Å². The molecule has 6 nitrogen and oxygen atoms in total. The molecule has 6 heteroatoms. The SMILES string of the molecule is COc1cccc(/C=C/c2ccnc(-c3cc(/C=C/c4cccc(OC)c4O)ccn3)c2)c1O. The first kappa shape index (κ1) is 22.6. The van der Waals surface area contributed by atoms with E-state index in [4.69, 9.17) is 9.47 Å². The summed E-state index contributed by atoms with van der Waals surface area (Å²) in [7, 11) is 3.04. The highest BCUT2D eigenvalue weighted by molar-refractivity contribution is 5.77. The van der Waals surface area contributed by atoms with E-state index < -0.39 is 0 Å². The third-order valence-corrected chi connectivity index (χ3v) is 5.24. The van der Waals surface area contributed by atoms with Crippen LogP contribution in [0.4, 0.5) is 0 Å². The van der Waals surface area contributed by atoms with Crippen LogP contribution in [0.2, 0.25) is 0 Å². The van der Waals surface area contributed by atoms with Crippen LogP contribution in [0.5, 0.6) is 23.0 Å². The van der Waals surface area contributed by atoms with Crippen molar-refractivity contribution in [2.75, 3.05) is 14.2 Å². The molecular formula is C28H24N2O4. The first-order valence-corrected chi connectivity index (χ1v) is 10.6. The summed E-state index contributed by atoms with van der Waals surface area (Å²) in [5, 5.41) is 20.6. The zero-order valence-corrected chi connectivity index (χ0v) is 18.8. The summed E-state index contributed by atoms with van der Waals surface area (Å²) in [6, 6.07) is 18.3. The molecule has 170 valence electrons. The van der Waals surface area contributed by atoms with Gasteiger partial charge >= 0.3 is 0 Å². The summed E-state index contributed by atoms with van der Waals surface area (Å²) in [6.45, 7) is 0. The zero-order chi connectivity index (χ0) is 23.9. The second-order valence-corrected chi connectivity index (χ2v) is 7.41. The largest absolute Gasteiger partial charge is 0.504 e. The fourth-order valence-corrected chi connectivity index (χ4v) is 3.43. The molecular weight excluding hydrogens is 428 g/mol. The average Bonchev–Trinajstić information content (AvgIpc) is 2.88. The van der Waals surface area contributed by atoms with E-state index in [9.17, 15) is 10.2 Å². The van der Waals surface area contributed by atoms with Gasteiger partial charge in [0.05, 0.1) is 25.6 Å². The molecule has 0 amide bonds. The Labute approximate surface area is 198 Å². The van der Waals surface area contributed by atoms with Crippen LogP contribution in [0.25, 0.3) is 35.7 Å². The van der Waals surface area contributed by atoms with E-state index in [0.29, 0.717) is 22.6 Å². The van der Waals surface area contributed by atoms with Crippen molar-refractivity contribution in [3.05, 3.63) is 95.3 Å². The van der Waals surface area contributed by atoms with E-state index in [1.807, 2.05) is 72.8 Å². The van der Waals surface area contributed by atoms with E-state index in [2.05, 4.69) is 9.97 Å². The van der Waals surface area contributed by atoms with Gasteiger partial charge in [-0.3, -0.25) is 9.97 Å². The lowest BCUT2D eigenvalue weighted by molar-refractivity contribution is 0.373. The van der Waals surface area contributed by atoms with Gasteiger partial charge in [-0.15, -0.1) is 0 Å². The van der Waals surface area contributed by atoms with Gasteiger partial charge in [-0.25, -0.2) is 0 Å². The normalized spacial score (nSPS) is 11.2. The molecule has 0 aliphatic heterocycles. The number of methoxy groups -OCH3 is 2. The van der Waals surface area contributed by atoms with Gasteiger partial charge in [0.2, 0.25) is 0 Å². The van der Waals surface area contributed by atoms with Crippen molar-refractivity contribution in [2.24, 2.45) is 0 Å². The molecule has 0 aliphatic carbocycles. The maximum absolute atomic E-state index is 10.3. The minimum atomic E-state index is 0.0961. The molecule has 2 N–H and O–H groups in total. The Hall–Kier alpha value is -4.58. The molecule has 0 fully saturated rings. The standard InChI is InChI=1S/C28H24N2O4/c1-33-25-7-3-5-21(27(25)31)11-9-19-13-15-29-23(17-19)24-18-20(14-16-30-24)10-12-22-6-4-8-26(34-2)28(22)32/h3-18,31-32H,1-2H3/b11-9+,12-10+. The number of para-hydroxylation sites is 2. The number of hydrogen-bond donors (Lipinski definition) is 2. The van der Waals surface area contributed by atoms with Crippen molar-refractivity contribution < 1.29 is 19.7 Å². The number of benzene rings is 2. The quantitative estimate of drug-likeness (QED) is 0.362. The maximum atomic E-state index is 10.3. The van der Waals surface area contributed by atoms with Crippen molar-refractivity contribution in [2.45, 2.75) is 0 Å². The topological polar surface area (TPSA) is 84.7 Å². The summed E-state index contributed by atoms with van der Waals surface area (Å²) in [4.78, 5) is 8.92. The Bertz CT molecular complexity index is 1260. The van der Waals surface area contributed by atoms with Crippen LogP contribution < -0.4 is 9.47 Å². The second-order valence-electron chi connectivity index (χ2n) is 7.41. The molecule has 0 saturated heterocycles. The van der Waals surface area contributed by atoms with Gasteiger partial charge in [-0.2, -0.15) is 0 Å². The number of nitrogens with zero attached hydrogens (tertiary/aromatic N) is 2. The van der Waals surface area contributed by atoms with Crippen molar-refractivity contribution in [1.82, 2.24) is 9.97 Å². The van der Waals surface area contributed by atoms with Crippen LogP contribution in [0.1, 0.15) is 22.3 Å². The number of phenolic OH excluding ortho intramolecular Hbond substituents is 2. The van der Waals surface area contributed by atoms with Crippen LogP contribution in [0.3, 0.4) is 0 Å². The molecule has 0 radical (unpaired) electrons. The zero-order valence-electron chi connectivity index (χ0n) is 18.8. The molecule has 2 heterocycles. The number of ether oxygens (including phenoxy) is 2. The van der Waals surface area contributed by atoms with Gasteiger partial charge in [0.15, 0.2) is 23.0 Å². The second kappa shape index (κ2) is 10.4. The molecule has 4 rings (SSSR count). The summed E-state index contributed by atoms with van der Waals surface area (Å²) < 4.78 is 10.3. The third kappa shape index (κ3) is 5.07. The fourth-order valence-electron chi connectivity index (χ4n) is 3.43. The van der Waals surface area contributed by atoms with Crippen LogP contribution in [-0.4, -0.2) is 34.4 Å². The lowest BCUT2D eigenvalue weighted by Gasteiger charge is -2.06. The molecule has 2 aromatic carbocycles. The molecule has 0 saturated carbocycles. The Morgan fingerprint density at radius 2 is 1.06 bits per heavy atom. The number of hydrogen-bond acceptors (Lipinski definition) is 6. The Morgan fingerprint density at radius 1 is 0.618 bits per heavy atom. The van der Waals surface area contributed by atoms with Crippen LogP contribution in [0, 0.1) is 0 Å². The summed E-state index contributed by atoms with van der Waals surface area (Å²) in [5.41, 5.74) is 4.58. The van der Waals surface area contributed by atoms with E-state index in [-0.39, 0.29) is 11.5 Å². The lowest BCUT2D eigenvalue weighted by Crippen LogP contribution is -1.89. The minimum absolute atomic E-state index is 0.0961. The average molecular weight is 453 g/mol. The third-order valence-electron chi connectivity index (χ3n) is 5.24. The smallest absolute Gasteiger partial charge is 0.165 e. The number of aromatic nitrogens is 2. The maximum Gasteiger partial charge on any atom is 0.165 e. The first-order chi connectivity index (χ1) is 16.6. The predicted molar refractivity (Wildman–Crippen MR) is 135 cm³/mol. The van der Waals surface area contributed by atoms with Gasteiger partial charge in [-0.1, -0.05) is 48.6 Å². The summed E-state index contributed by atoms with van der Waals surface area (Å²) in [5.74, 6) is 1.04. The molecule has 0 aliphatic rings. The molecule has 0 atom stereocenters. The Morgan fingerprint density at radius 3 is 1.47 bits per heavy atom. The molecule has 4 aromatic rings. The first-order valence-electron chi connectivity index (χ1n) is 10.6. The monoisotopic (exact) mass is 452 g/mol. The minimum Gasteiger partial charge on any atom is -0.504 e. The highest BCUT2D eigenvalue weighted by atomic mass is 16.5.